The third kappa shape index (κ3) is 4.09. The van der Waals surface area contributed by atoms with Gasteiger partial charge in [-0.15, -0.1) is 0 Å². The van der Waals surface area contributed by atoms with Crippen LogP contribution in [0.3, 0.4) is 0 Å². The highest BCUT2D eigenvalue weighted by molar-refractivity contribution is 6.30. The second-order valence-corrected chi connectivity index (χ2v) is 8.21. The van der Waals surface area contributed by atoms with Crippen LogP contribution in [0.25, 0.3) is 11.0 Å². The highest BCUT2D eigenvalue weighted by Crippen LogP contribution is 2.23. The molecule has 6 nitrogen and oxygen atoms in total. The Kier molecular flexibility index (Phi) is 5.48. The van der Waals surface area contributed by atoms with E-state index in [9.17, 15) is 9.59 Å². The summed E-state index contributed by atoms with van der Waals surface area (Å²) >= 11 is 6.07. The van der Waals surface area contributed by atoms with Crippen LogP contribution in [0.4, 0.5) is 5.69 Å². The number of rotatable bonds is 4. The van der Waals surface area contributed by atoms with Crippen LogP contribution >= 0.6 is 11.6 Å². The molecule has 0 radical (unpaired) electrons. The van der Waals surface area contributed by atoms with Crippen molar-refractivity contribution < 1.29 is 4.79 Å². The van der Waals surface area contributed by atoms with Gasteiger partial charge in [-0.1, -0.05) is 23.7 Å². The lowest BCUT2D eigenvalue weighted by atomic mass is 9.95. The summed E-state index contributed by atoms with van der Waals surface area (Å²) in [6.45, 7) is 2.63. The standard InChI is InChI=1S/C22H25ClN4O2/c1-25-19-7-6-18(13-20(19)26(2)22(25)29)24-21(28)16-8-10-27(11-9-16)14-15-4-3-5-17(23)12-15/h3-7,12-13,16H,8-11,14H2,1-2H3,(H,24,28). The number of nitrogens with zero attached hydrogens (tertiary/aromatic N) is 3. The van der Waals surface area contributed by atoms with E-state index in [1.54, 1.807) is 23.2 Å². The maximum absolute atomic E-state index is 12.7. The number of hydrogen-bond donors (Lipinski definition) is 1. The zero-order valence-electron chi connectivity index (χ0n) is 16.7. The Morgan fingerprint density at radius 3 is 2.52 bits per heavy atom. The van der Waals surface area contributed by atoms with Crippen molar-refractivity contribution in [3.63, 3.8) is 0 Å². The first-order valence-electron chi connectivity index (χ1n) is 9.85. The minimum Gasteiger partial charge on any atom is -0.326 e. The van der Waals surface area contributed by atoms with Crippen LogP contribution in [0, 0.1) is 5.92 Å². The molecule has 0 saturated carbocycles. The van der Waals surface area contributed by atoms with Crippen LogP contribution < -0.4 is 11.0 Å². The van der Waals surface area contributed by atoms with Crippen molar-refractivity contribution in [2.24, 2.45) is 20.0 Å². The maximum atomic E-state index is 12.7. The van der Waals surface area contributed by atoms with Crippen molar-refractivity contribution in [3.8, 4) is 0 Å². The third-order valence-electron chi connectivity index (χ3n) is 5.79. The van der Waals surface area contributed by atoms with E-state index in [4.69, 9.17) is 11.6 Å². The molecule has 3 aromatic rings. The number of fused-ring (bicyclic) bond motifs is 1. The van der Waals surface area contributed by atoms with E-state index in [0.29, 0.717) is 0 Å². The Hall–Kier alpha value is -2.57. The third-order valence-corrected chi connectivity index (χ3v) is 6.03. The van der Waals surface area contributed by atoms with Crippen LogP contribution in [-0.2, 0) is 25.4 Å². The monoisotopic (exact) mass is 412 g/mol. The zero-order chi connectivity index (χ0) is 20.5. The van der Waals surface area contributed by atoms with Crippen molar-refractivity contribution in [1.82, 2.24) is 14.0 Å². The first-order valence-corrected chi connectivity index (χ1v) is 10.2. The van der Waals surface area contributed by atoms with Gasteiger partial charge in [-0.05, 0) is 61.8 Å². The summed E-state index contributed by atoms with van der Waals surface area (Å²) in [5, 5.41) is 3.79. The summed E-state index contributed by atoms with van der Waals surface area (Å²) in [5.41, 5.74) is 3.51. The van der Waals surface area contributed by atoms with Crippen molar-refractivity contribution in [3.05, 3.63) is 63.5 Å². The van der Waals surface area contributed by atoms with Crippen LogP contribution in [0.5, 0.6) is 0 Å². The fraction of sp³-hybridized carbons (Fsp3) is 0.364. The molecule has 29 heavy (non-hydrogen) atoms. The SMILES string of the molecule is Cn1c(=O)n(C)c2cc(NC(=O)C3CCN(Cc4cccc(Cl)c4)CC3)ccc21. The molecule has 2 aromatic carbocycles. The minimum absolute atomic E-state index is 0.000834. The van der Waals surface area contributed by atoms with Gasteiger partial charge in [0.1, 0.15) is 0 Å². The van der Waals surface area contributed by atoms with Gasteiger partial charge in [-0.3, -0.25) is 18.8 Å². The summed E-state index contributed by atoms with van der Waals surface area (Å²) < 4.78 is 3.20. The quantitative estimate of drug-likeness (QED) is 0.714. The minimum atomic E-state index is -0.0736. The van der Waals surface area contributed by atoms with Gasteiger partial charge in [0.05, 0.1) is 11.0 Å². The van der Waals surface area contributed by atoms with E-state index >= 15 is 0 Å². The summed E-state index contributed by atoms with van der Waals surface area (Å²) in [5.74, 6) is 0.0496. The van der Waals surface area contributed by atoms with Gasteiger partial charge in [0.25, 0.3) is 0 Å². The Morgan fingerprint density at radius 1 is 1.07 bits per heavy atom. The van der Waals surface area contributed by atoms with Crippen molar-refractivity contribution in [1.29, 1.82) is 0 Å². The van der Waals surface area contributed by atoms with E-state index in [1.807, 2.05) is 36.4 Å². The van der Waals surface area contributed by atoms with Crippen LogP contribution in [0.2, 0.25) is 5.02 Å². The number of aryl methyl sites for hydroxylation is 2. The number of nitrogens with one attached hydrogen (secondary N) is 1. The molecule has 0 atom stereocenters. The number of imidazole rings is 1. The van der Waals surface area contributed by atoms with Crippen LogP contribution in [-0.4, -0.2) is 33.0 Å². The Labute approximate surface area is 174 Å². The summed E-state index contributed by atoms with van der Waals surface area (Å²) in [7, 11) is 3.49. The number of aromatic nitrogens is 2. The van der Waals surface area contributed by atoms with Gasteiger partial charge in [0.2, 0.25) is 5.91 Å². The van der Waals surface area contributed by atoms with E-state index in [2.05, 4.69) is 16.3 Å². The summed E-state index contributed by atoms with van der Waals surface area (Å²) in [6, 6.07) is 13.5. The van der Waals surface area contributed by atoms with Crippen molar-refractivity contribution in [2.45, 2.75) is 19.4 Å². The number of carbonyl (C=O) groups is 1. The molecule has 1 aromatic heterocycles. The number of amides is 1. The number of halogens is 1. The molecule has 0 unspecified atom stereocenters. The van der Waals surface area contributed by atoms with E-state index in [0.717, 1.165) is 54.2 Å². The Morgan fingerprint density at radius 2 is 1.79 bits per heavy atom. The molecule has 4 rings (SSSR count). The van der Waals surface area contributed by atoms with Gasteiger partial charge in [0, 0.05) is 37.3 Å². The largest absolute Gasteiger partial charge is 0.328 e. The lowest BCUT2D eigenvalue weighted by molar-refractivity contribution is -0.121. The Balaban J connectivity index is 1.37. The molecule has 2 heterocycles. The van der Waals surface area contributed by atoms with Gasteiger partial charge in [-0.2, -0.15) is 0 Å². The van der Waals surface area contributed by atoms with E-state index < -0.39 is 0 Å². The maximum Gasteiger partial charge on any atom is 0.328 e. The van der Waals surface area contributed by atoms with Crippen LogP contribution in [0.1, 0.15) is 18.4 Å². The zero-order valence-corrected chi connectivity index (χ0v) is 17.4. The number of anilines is 1. The number of hydrogen-bond acceptors (Lipinski definition) is 3. The molecular weight excluding hydrogens is 388 g/mol. The van der Waals surface area contributed by atoms with Gasteiger partial charge in [-0.25, -0.2) is 4.79 Å². The van der Waals surface area contributed by atoms with Gasteiger partial charge in [0.15, 0.2) is 0 Å². The van der Waals surface area contributed by atoms with Crippen molar-refractivity contribution >= 4 is 34.2 Å². The number of benzene rings is 2. The van der Waals surface area contributed by atoms with Crippen molar-refractivity contribution in [2.75, 3.05) is 18.4 Å². The normalized spacial score (nSPS) is 15.7. The predicted molar refractivity (Wildman–Crippen MR) is 116 cm³/mol. The molecule has 1 fully saturated rings. The summed E-state index contributed by atoms with van der Waals surface area (Å²) in [4.78, 5) is 27.2. The highest BCUT2D eigenvalue weighted by atomic mass is 35.5. The number of piperidine rings is 1. The van der Waals surface area contributed by atoms with E-state index in [-0.39, 0.29) is 17.5 Å². The average molecular weight is 413 g/mol. The number of carbonyl (C=O) groups excluding carboxylic acids is 1. The van der Waals surface area contributed by atoms with Gasteiger partial charge < -0.3 is 5.32 Å². The number of likely N-dealkylation sites (tertiary alicyclic amines) is 1. The Bertz CT molecular complexity index is 1110. The first-order chi connectivity index (χ1) is 13.9. The second kappa shape index (κ2) is 8.05. The van der Waals surface area contributed by atoms with E-state index in [1.165, 1.54) is 5.56 Å². The molecule has 7 heteroatoms. The molecule has 1 N–H and O–H groups in total. The smallest absolute Gasteiger partial charge is 0.326 e. The fourth-order valence-electron chi connectivity index (χ4n) is 4.08. The molecule has 1 aliphatic heterocycles. The second-order valence-electron chi connectivity index (χ2n) is 7.77. The molecule has 1 amide bonds. The van der Waals surface area contributed by atoms with Crippen LogP contribution in [0.15, 0.2) is 47.3 Å². The molecule has 1 saturated heterocycles. The fourth-order valence-corrected chi connectivity index (χ4v) is 4.29. The molecule has 152 valence electrons. The molecule has 0 aliphatic carbocycles. The molecule has 1 aliphatic rings. The lowest BCUT2D eigenvalue weighted by Crippen LogP contribution is -2.37. The topological polar surface area (TPSA) is 59.3 Å². The average Bonchev–Trinajstić information content (AvgIpc) is 2.92. The molecule has 0 bridgehead atoms. The highest BCUT2D eigenvalue weighted by Gasteiger charge is 2.25. The lowest BCUT2D eigenvalue weighted by Gasteiger charge is -2.31. The predicted octanol–water partition coefficient (Wildman–Crippen LogP) is 3.38. The van der Waals surface area contributed by atoms with Gasteiger partial charge >= 0.3 is 5.69 Å². The first kappa shape index (κ1) is 19.7. The molecular formula is C22H25ClN4O2. The molecule has 0 spiro atoms. The summed E-state index contributed by atoms with van der Waals surface area (Å²) in [6.07, 6.45) is 1.66.